The molecule has 2 nitrogen and oxygen atoms in total. The van der Waals surface area contributed by atoms with Gasteiger partial charge in [-0.05, 0) is 26.7 Å². The molecule has 0 radical (unpaired) electrons. The van der Waals surface area contributed by atoms with Crippen LogP contribution in [-0.2, 0) is 9.53 Å². The Hall–Kier alpha value is -0.950. The minimum Gasteiger partial charge on any atom is -0.459 e. The lowest BCUT2D eigenvalue weighted by Crippen LogP contribution is -2.33. The predicted octanol–water partition coefficient (Wildman–Crippen LogP) is 4.67. The van der Waals surface area contributed by atoms with Gasteiger partial charge in [-0.3, -0.25) is 4.79 Å². The van der Waals surface area contributed by atoms with Crippen LogP contribution in [0.15, 0.2) is 0 Å². The first kappa shape index (κ1) is 20.1. The van der Waals surface area contributed by atoms with Crippen molar-refractivity contribution in [1.29, 1.82) is 0 Å². The van der Waals surface area contributed by atoms with E-state index in [1.165, 1.54) is 13.8 Å². The Labute approximate surface area is 119 Å². The molecular formula is C13H20F6O2. The number of hydrogen-bond acceptors (Lipinski definition) is 2. The van der Waals surface area contributed by atoms with E-state index in [1.54, 1.807) is 6.92 Å². The Bertz CT molecular complexity index is 342. The van der Waals surface area contributed by atoms with Crippen LogP contribution in [0.25, 0.3) is 0 Å². The number of alkyl halides is 6. The molecule has 0 bridgehead atoms. The van der Waals surface area contributed by atoms with Gasteiger partial charge in [0.15, 0.2) is 6.61 Å². The van der Waals surface area contributed by atoms with E-state index in [-0.39, 0.29) is 0 Å². The van der Waals surface area contributed by atoms with Crippen LogP contribution < -0.4 is 0 Å². The van der Waals surface area contributed by atoms with Gasteiger partial charge in [0.25, 0.3) is 5.92 Å². The van der Waals surface area contributed by atoms with E-state index in [0.717, 1.165) is 0 Å². The molecule has 0 unspecified atom stereocenters. The number of halogens is 6. The Balaban J connectivity index is 4.25. The molecule has 0 fully saturated rings. The lowest BCUT2D eigenvalue weighted by atomic mass is 9.91. The molecule has 0 saturated carbocycles. The summed E-state index contributed by atoms with van der Waals surface area (Å²) in [5.41, 5.74) is -0.918. The van der Waals surface area contributed by atoms with Gasteiger partial charge >= 0.3 is 18.3 Å². The van der Waals surface area contributed by atoms with E-state index in [9.17, 15) is 31.1 Å². The third-order valence-corrected chi connectivity index (χ3v) is 3.22. The van der Waals surface area contributed by atoms with Crippen molar-refractivity contribution in [2.24, 2.45) is 5.41 Å². The number of rotatable bonds is 9. The number of carbonyl (C=O) groups is 1. The van der Waals surface area contributed by atoms with Crippen LogP contribution in [0.1, 0.15) is 46.5 Å². The number of hydrogen-bond donors (Lipinski definition) is 0. The molecule has 21 heavy (non-hydrogen) atoms. The minimum atomic E-state index is -4.28. The molecule has 0 heterocycles. The summed E-state index contributed by atoms with van der Waals surface area (Å²) in [5.74, 6) is -8.61. The first-order valence-electron chi connectivity index (χ1n) is 6.55. The first-order chi connectivity index (χ1) is 9.34. The SMILES string of the molecule is CCC(C)(C)C(=O)OCC(F)(F)CCCC(F)(F)C(F)F. The largest absolute Gasteiger partial charge is 0.459 e. The predicted molar refractivity (Wildman–Crippen MR) is 64.8 cm³/mol. The lowest BCUT2D eigenvalue weighted by molar-refractivity contribution is -0.167. The van der Waals surface area contributed by atoms with Crippen LogP contribution in [0.3, 0.4) is 0 Å². The molecule has 126 valence electrons. The first-order valence-corrected chi connectivity index (χ1v) is 6.55. The van der Waals surface area contributed by atoms with E-state index >= 15 is 0 Å². The second-order valence-electron chi connectivity index (χ2n) is 5.58. The quantitative estimate of drug-likeness (QED) is 0.455. The van der Waals surface area contributed by atoms with Crippen LogP contribution in [0.5, 0.6) is 0 Å². The smallest absolute Gasteiger partial charge is 0.311 e. The van der Waals surface area contributed by atoms with Crippen molar-refractivity contribution in [3.8, 4) is 0 Å². The van der Waals surface area contributed by atoms with Gasteiger partial charge in [0.1, 0.15) is 0 Å². The van der Waals surface area contributed by atoms with E-state index < -0.39 is 55.5 Å². The maximum atomic E-state index is 13.3. The summed E-state index contributed by atoms with van der Waals surface area (Å²) in [5, 5.41) is 0. The third-order valence-electron chi connectivity index (χ3n) is 3.22. The highest BCUT2D eigenvalue weighted by atomic mass is 19.3. The van der Waals surface area contributed by atoms with Gasteiger partial charge < -0.3 is 4.74 Å². The number of ether oxygens (including phenoxy) is 1. The van der Waals surface area contributed by atoms with Crippen molar-refractivity contribution >= 4 is 5.97 Å². The molecule has 0 aromatic carbocycles. The number of carbonyl (C=O) groups excluding carboxylic acids is 1. The second-order valence-corrected chi connectivity index (χ2v) is 5.58. The summed E-state index contributed by atoms with van der Waals surface area (Å²) in [7, 11) is 0. The monoisotopic (exact) mass is 322 g/mol. The summed E-state index contributed by atoms with van der Waals surface area (Å²) in [4.78, 5) is 11.5. The van der Waals surface area contributed by atoms with E-state index in [1.807, 2.05) is 0 Å². The zero-order valence-corrected chi connectivity index (χ0v) is 12.2. The van der Waals surface area contributed by atoms with Crippen LogP contribution in [0.4, 0.5) is 26.3 Å². The van der Waals surface area contributed by atoms with E-state index in [4.69, 9.17) is 0 Å². The molecule has 0 aliphatic carbocycles. The van der Waals surface area contributed by atoms with Crippen LogP contribution >= 0.6 is 0 Å². The molecular weight excluding hydrogens is 302 g/mol. The molecule has 0 aliphatic heterocycles. The summed E-state index contributed by atoms with van der Waals surface area (Å²) in [6.07, 6.45) is -6.67. The van der Waals surface area contributed by atoms with Crippen LogP contribution in [0, 0.1) is 5.41 Å². The van der Waals surface area contributed by atoms with Crippen molar-refractivity contribution in [3.63, 3.8) is 0 Å². The van der Waals surface area contributed by atoms with Gasteiger partial charge in [-0.1, -0.05) is 6.92 Å². The van der Waals surface area contributed by atoms with Gasteiger partial charge in [-0.15, -0.1) is 0 Å². The standard InChI is InChI=1S/C13H20F6O2/c1-4-11(2,3)10(20)21-8-12(16,17)6-5-7-13(18,19)9(14)15/h9H,4-8H2,1-3H3. The van der Waals surface area contributed by atoms with Gasteiger partial charge in [0, 0.05) is 12.8 Å². The van der Waals surface area contributed by atoms with Crippen molar-refractivity contribution in [2.45, 2.75) is 64.7 Å². The molecule has 8 heteroatoms. The normalized spacial score (nSPS) is 13.6. The van der Waals surface area contributed by atoms with Gasteiger partial charge in [-0.2, -0.15) is 0 Å². The zero-order chi connectivity index (χ0) is 16.9. The average Bonchev–Trinajstić information content (AvgIpc) is 2.35. The Kier molecular flexibility index (Phi) is 7.02. The highest BCUT2D eigenvalue weighted by Gasteiger charge is 2.41. The highest BCUT2D eigenvalue weighted by Crippen LogP contribution is 2.32. The Morgan fingerprint density at radius 1 is 1.10 bits per heavy atom. The molecule has 0 atom stereocenters. The fraction of sp³-hybridized carbons (Fsp3) is 0.923. The Morgan fingerprint density at radius 2 is 1.62 bits per heavy atom. The fourth-order valence-corrected chi connectivity index (χ4v) is 1.27. The van der Waals surface area contributed by atoms with Gasteiger partial charge in [-0.25, -0.2) is 26.3 Å². The maximum absolute atomic E-state index is 13.3. The minimum absolute atomic E-state index is 0.387. The van der Waals surface area contributed by atoms with E-state index in [0.29, 0.717) is 6.42 Å². The summed E-state index contributed by atoms with van der Waals surface area (Å²) >= 11 is 0. The van der Waals surface area contributed by atoms with Gasteiger partial charge in [0.05, 0.1) is 5.41 Å². The summed E-state index contributed by atoms with van der Waals surface area (Å²) in [6, 6.07) is 0. The molecule has 0 spiro atoms. The van der Waals surface area contributed by atoms with Crippen molar-refractivity contribution < 1.29 is 35.9 Å². The second kappa shape index (κ2) is 7.35. The summed E-state index contributed by atoms with van der Waals surface area (Å²) in [6.45, 7) is 3.49. The summed E-state index contributed by atoms with van der Waals surface area (Å²) < 4.78 is 80.0. The third kappa shape index (κ3) is 7.04. The van der Waals surface area contributed by atoms with Gasteiger partial charge in [0.2, 0.25) is 0 Å². The van der Waals surface area contributed by atoms with Crippen LogP contribution in [0.2, 0.25) is 0 Å². The molecule has 0 N–H and O–H groups in total. The lowest BCUT2D eigenvalue weighted by Gasteiger charge is -2.23. The highest BCUT2D eigenvalue weighted by molar-refractivity contribution is 5.75. The van der Waals surface area contributed by atoms with E-state index in [2.05, 4.69) is 4.74 Å². The molecule has 0 amide bonds. The molecule has 0 aromatic heterocycles. The van der Waals surface area contributed by atoms with Crippen molar-refractivity contribution in [2.75, 3.05) is 6.61 Å². The van der Waals surface area contributed by atoms with Crippen molar-refractivity contribution in [3.05, 3.63) is 0 Å². The number of esters is 1. The van der Waals surface area contributed by atoms with Crippen molar-refractivity contribution in [1.82, 2.24) is 0 Å². The fourth-order valence-electron chi connectivity index (χ4n) is 1.27. The van der Waals surface area contributed by atoms with Crippen LogP contribution in [-0.4, -0.2) is 30.8 Å². The average molecular weight is 322 g/mol. The maximum Gasteiger partial charge on any atom is 0.311 e. The molecule has 0 aliphatic rings. The molecule has 0 aromatic rings. The molecule has 0 rings (SSSR count). The Morgan fingerprint density at radius 3 is 2.05 bits per heavy atom. The zero-order valence-electron chi connectivity index (χ0n) is 12.2. The molecule has 0 saturated heterocycles. The topological polar surface area (TPSA) is 26.3 Å².